The van der Waals surface area contributed by atoms with Crippen molar-refractivity contribution in [1.82, 2.24) is 4.90 Å². The minimum absolute atomic E-state index is 0.0334. The summed E-state index contributed by atoms with van der Waals surface area (Å²) < 4.78 is 49.4. The zero-order valence-corrected chi connectivity index (χ0v) is 18.5. The van der Waals surface area contributed by atoms with Gasteiger partial charge in [-0.05, 0) is 32.1 Å². The molecule has 2 atom stereocenters. The van der Waals surface area contributed by atoms with E-state index in [2.05, 4.69) is 0 Å². The molecule has 0 radical (unpaired) electrons. The summed E-state index contributed by atoms with van der Waals surface area (Å²) in [6.45, 7) is 0.351. The molecular formula is C23H19ClF3NO6. The zero-order chi connectivity index (χ0) is 24.8. The number of phenolic OH excluding ortho intramolecular Hbond substituents is 2. The lowest BCUT2D eigenvalue weighted by Gasteiger charge is -2.36. The lowest BCUT2D eigenvalue weighted by atomic mass is 9.85. The van der Waals surface area contributed by atoms with Gasteiger partial charge in [0.2, 0.25) is 0 Å². The van der Waals surface area contributed by atoms with Crippen molar-refractivity contribution in [2.24, 2.45) is 0 Å². The Labute approximate surface area is 195 Å². The van der Waals surface area contributed by atoms with E-state index >= 15 is 0 Å². The van der Waals surface area contributed by atoms with E-state index < -0.39 is 41.1 Å². The third-order valence-electron chi connectivity index (χ3n) is 5.76. The average molecular weight is 498 g/mol. The molecule has 0 bridgehead atoms. The van der Waals surface area contributed by atoms with Crippen LogP contribution in [0.1, 0.15) is 17.9 Å². The number of ether oxygens (including phenoxy) is 1. The van der Waals surface area contributed by atoms with Gasteiger partial charge in [-0.2, -0.15) is 13.2 Å². The fourth-order valence-corrected chi connectivity index (χ4v) is 4.43. The highest BCUT2D eigenvalue weighted by atomic mass is 35.5. The Morgan fingerprint density at radius 1 is 1.21 bits per heavy atom. The number of halogens is 4. The van der Waals surface area contributed by atoms with Crippen LogP contribution in [-0.2, 0) is 9.53 Å². The van der Waals surface area contributed by atoms with Crippen LogP contribution in [-0.4, -0.2) is 53.5 Å². The van der Waals surface area contributed by atoms with Crippen LogP contribution < -0.4 is 5.43 Å². The van der Waals surface area contributed by atoms with Crippen molar-refractivity contribution < 1.29 is 37.3 Å². The standard InChI is InChI=1S/C23H19ClF3NO6/c1-28-7-6-12(18(10-28)34-22(32)23(25,26)27)19-14(29)8-15(30)20-16(31)9-17(33-21(19)20)11-4-2-3-5-13(11)24/h2-5,8-9,12,18,29-30H,6-7,10H2,1H3/t12-,18+/m0/s1. The number of rotatable bonds is 3. The molecule has 1 aliphatic heterocycles. The predicted molar refractivity (Wildman–Crippen MR) is 117 cm³/mol. The van der Waals surface area contributed by atoms with Gasteiger partial charge < -0.3 is 24.3 Å². The molecule has 2 aromatic carbocycles. The van der Waals surface area contributed by atoms with Crippen molar-refractivity contribution >= 4 is 28.5 Å². The number of nitrogens with zero attached hydrogens (tertiary/aromatic N) is 1. The van der Waals surface area contributed by atoms with Gasteiger partial charge in [-0.3, -0.25) is 4.79 Å². The molecule has 0 saturated carbocycles. The summed E-state index contributed by atoms with van der Waals surface area (Å²) in [5.41, 5.74) is -0.540. The minimum Gasteiger partial charge on any atom is -0.507 e. The van der Waals surface area contributed by atoms with E-state index in [1.54, 1.807) is 36.2 Å². The van der Waals surface area contributed by atoms with Crippen LogP contribution in [0.25, 0.3) is 22.3 Å². The van der Waals surface area contributed by atoms with E-state index in [4.69, 9.17) is 20.8 Å². The van der Waals surface area contributed by atoms with Crippen molar-refractivity contribution in [2.75, 3.05) is 20.1 Å². The number of benzene rings is 2. The molecule has 1 aliphatic rings. The number of hydrogen-bond donors (Lipinski definition) is 2. The van der Waals surface area contributed by atoms with Crippen LogP contribution in [0, 0.1) is 0 Å². The van der Waals surface area contributed by atoms with E-state index in [9.17, 15) is 33.0 Å². The molecule has 1 fully saturated rings. The Bertz CT molecular complexity index is 1320. The average Bonchev–Trinajstić information content (AvgIpc) is 2.74. The highest BCUT2D eigenvalue weighted by Crippen LogP contribution is 2.44. The van der Waals surface area contributed by atoms with Crippen LogP contribution in [0.4, 0.5) is 13.2 Å². The second-order valence-corrected chi connectivity index (χ2v) is 8.49. The first kappa shape index (κ1) is 23.9. The van der Waals surface area contributed by atoms with Crippen molar-refractivity contribution in [3.8, 4) is 22.8 Å². The summed E-state index contributed by atoms with van der Waals surface area (Å²) in [5, 5.41) is 21.1. The maximum Gasteiger partial charge on any atom is 0.490 e. The van der Waals surface area contributed by atoms with Gasteiger partial charge in [0.15, 0.2) is 5.43 Å². The number of likely N-dealkylation sites (N-methyl/N-ethyl adjacent to an activating group) is 1. The van der Waals surface area contributed by atoms with Gasteiger partial charge in [-0.1, -0.05) is 23.7 Å². The number of esters is 1. The van der Waals surface area contributed by atoms with Gasteiger partial charge in [0.25, 0.3) is 0 Å². The van der Waals surface area contributed by atoms with Crippen molar-refractivity contribution in [2.45, 2.75) is 24.6 Å². The fourth-order valence-electron chi connectivity index (χ4n) is 4.20. The van der Waals surface area contributed by atoms with Crippen molar-refractivity contribution in [1.29, 1.82) is 0 Å². The molecule has 3 aromatic rings. The number of piperidine rings is 1. The molecule has 2 heterocycles. The molecule has 2 N–H and O–H groups in total. The Morgan fingerprint density at radius 3 is 2.59 bits per heavy atom. The molecule has 180 valence electrons. The smallest absolute Gasteiger partial charge is 0.490 e. The van der Waals surface area contributed by atoms with E-state index in [1.165, 1.54) is 0 Å². The van der Waals surface area contributed by atoms with Gasteiger partial charge in [-0.25, -0.2) is 4.79 Å². The van der Waals surface area contributed by atoms with Gasteiger partial charge >= 0.3 is 12.1 Å². The number of aromatic hydroxyl groups is 2. The predicted octanol–water partition coefficient (Wildman–Crippen LogP) is 4.42. The summed E-state index contributed by atoms with van der Waals surface area (Å²) in [7, 11) is 1.65. The fraction of sp³-hybridized carbons (Fsp3) is 0.304. The maximum atomic E-state index is 12.9. The number of hydrogen-bond acceptors (Lipinski definition) is 7. The normalized spacial score (nSPS) is 19.3. The number of likely N-dealkylation sites (tertiary alicyclic amines) is 1. The molecule has 1 aromatic heterocycles. The molecule has 0 amide bonds. The second kappa shape index (κ2) is 8.84. The molecule has 4 rings (SSSR count). The topological polar surface area (TPSA) is 100 Å². The lowest BCUT2D eigenvalue weighted by Crippen LogP contribution is -2.45. The van der Waals surface area contributed by atoms with E-state index in [1.807, 2.05) is 0 Å². The molecule has 1 saturated heterocycles. The third kappa shape index (κ3) is 4.43. The number of carbonyl (C=O) groups is 1. The Hall–Kier alpha value is -3.24. The summed E-state index contributed by atoms with van der Waals surface area (Å²) in [6.07, 6.45) is -6.33. The van der Waals surface area contributed by atoms with Crippen LogP contribution in [0.15, 0.2) is 45.6 Å². The SMILES string of the molecule is CN1CC[C@H](c2c(O)cc(O)c3c(=O)cc(-c4ccccc4Cl)oc23)[C@H](OC(=O)C(F)(F)F)C1. The molecule has 7 nitrogen and oxygen atoms in total. The Kier molecular flexibility index (Phi) is 6.22. The van der Waals surface area contributed by atoms with E-state index in [-0.39, 0.29) is 40.3 Å². The van der Waals surface area contributed by atoms with Gasteiger partial charge in [0.1, 0.15) is 34.3 Å². The van der Waals surface area contributed by atoms with Crippen molar-refractivity contribution in [3.63, 3.8) is 0 Å². The Balaban J connectivity index is 1.92. The van der Waals surface area contributed by atoms with Crippen LogP contribution >= 0.6 is 11.6 Å². The van der Waals surface area contributed by atoms with Crippen LogP contribution in [0.2, 0.25) is 5.02 Å². The summed E-state index contributed by atoms with van der Waals surface area (Å²) >= 11 is 6.22. The first-order valence-electron chi connectivity index (χ1n) is 10.2. The third-order valence-corrected chi connectivity index (χ3v) is 6.09. The maximum absolute atomic E-state index is 12.9. The zero-order valence-electron chi connectivity index (χ0n) is 17.7. The second-order valence-electron chi connectivity index (χ2n) is 8.09. The van der Waals surface area contributed by atoms with Crippen LogP contribution in [0.3, 0.4) is 0 Å². The number of alkyl halides is 3. The molecule has 0 spiro atoms. The quantitative estimate of drug-likeness (QED) is 0.517. The van der Waals surface area contributed by atoms with E-state index in [0.717, 1.165) is 12.1 Å². The van der Waals surface area contributed by atoms with Gasteiger partial charge in [0.05, 0.1) is 5.02 Å². The van der Waals surface area contributed by atoms with Crippen LogP contribution in [0.5, 0.6) is 11.5 Å². The molecule has 34 heavy (non-hydrogen) atoms. The summed E-state index contributed by atoms with van der Waals surface area (Å²) in [6, 6.07) is 8.55. The molecular weight excluding hydrogens is 479 g/mol. The summed E-state index contributed by atoms with van der Waals surface area (Å²) in [4.78, 5) is 26.2. The monoisotopic (exact) mass is 497 g/mol. The summed E-state index contributed by atoms with van der Waals surface area (Å²) in [5.74, 6) is -4.35. The molecule has 11 heteroatoms. The number of phenols is 2. The van der Waals surface area contributed by atoms with Crippen molar-refractivity contribution in [3.05, 3.63) is 57.2 Å². The minimum atomic E-state index is -5.20. The highest BCUT2D eigenvalue weighted by molar-refractivity contribution is 6.33. The Morgan fingerprint density at radius 2 is 1.91 bits per heavy atom. The largest absolute Gasteiger partial charge is 0.507 e. The van der Waals surface area contributed by atoms with Gasteiger partial charge in [-0.15, -0.1) is 0 Å². The number of fused-ring (bicyclic) bond motifs is 1. The first-order chi connectivity index (χ1) is 16.0. The first-order valence-corrected chi connectivity index (χ1v) is 10.6. The lowest BCUT2D eigenvalue weighted by molar-refractivity contribution is -0.207. The molecule has 0 aliphatic carbocycles. The highest BCUT2D eigenvalue weighted by Gasteiger charge is 2.45. The van der Waals surface area contributed by atoms with E-state index in [0.29, 0.717) is 12.1 Å². The number of carbonyl (C=O) groups excluding carboxylic acids is 1. The molecule has 0 unspecified atom stereocenters. The van der Waals surface area contributed by atoms with Gasteiger partial charge in [0, 0.05) is 35.7 Å².